The second kappa shape index (κ2) is 7.34. The maximum absolute atomic E-state index is 12.5. The lowest BCUT2D eigenvalue weighted by molar-refractivity contribution is 0.103. The van der Waals surface area contributed by atoms with Crippen LogP contribution < -0.4 is 10.2 Å². The Morgan fingerprint density at radius 2 is 1.92 bits per heavy atom. The molecule has 1 aromatic carbocycles. The van der Waals surface area contributed by atoms with Crippen LogP contribution in [0.4, 0.5) is 10.8 Å². The van der Waals surface area contributed by atoms with E-state index in [1.54, 1.807) is 23.5 Å². The number of anilines is 2. The number of nitrogens with one attached hydrogen (secondary N) is 1. The van der Waals surface area contributed by atoms with E-state index < -0.39 is 9.84 Å². The molecule has 0 fully saturated rings. The van der Waals surface area contributed by atoms with Crippen molar-refractivity contribution in [2.24, 2.45) is 0 Å². The molecule has 0 atom stereocenters. The maximum atomic E-state index is 12.5. The van der Waals surface area contributed by atoms with E-state index in [0.717, 1.165) is 34.0 Å². The van der Waals surface area contributed by atoms with Crippen molar-refractivity contribution in [1.29, 1.82) is 0 Å². The zero-order valence-corrected chi connectivity index (χ0v) is 17.1. The maximum Gasteiger partial charge on any atom is 0.265 e. The Morgan fingerprint density at radius 3 is 2.54 bits per heavy atom. The van der Waals surface area contributed by atoms with Crippen LogP contribution in [0.2, 0.25) is 0 Å². The first-order chi connectivity index (χ1) is 12.3. The third kappa shape index (κ3) is 3.89. The average molecular weight is 410 g/mol. The summed E-state index contributed by atoms with van der Waals surface area (Å²) in [5, 5.41) is 3.72. The van der Waals surface area contributed by atoms with Crippen LogP contribution in [0.3, 0.4) is 0 Å². The minimum Gasteiger partial charge on any atom is -0.349 e. The summed E-state index contributed by atoms with van der Waals surface area (Å²) in [6.07, 6.45) is 1.14. The van der Waals surface area contributed by atoms with Crippen molar-refractivity contribution in [3.05, 3.63) is 35.2 Å². The van der Waals surface area contributed by atoms with Crippen molar-refractivity contribution in [3.8, 4) is 0 Å². The van der Waals surface area contributed by atoms with E-state index in [9.17, 15) is 13.2 Å². The van der Waals surface area contributed by atoms with E-state index in [1.165, 1.54) is 23.5 Å². The standard InChI is InChI=1S/C17H19N3O3S3/c1-4-20(5-2)17-19-16-14(25-17)10-13(24-16)15(21)18-11-7-6-8-12(9-11)26(3,22)23/h6-10H,4-5H2,1-3H3,(H,18,21). The number of amides is 1. The molecule has 6 nitrogen and oxygen atoms in total. The van der Waals surface area contributed by atoms with Gasteiger partial charge >= 0.3 is 0 Å². The molecule has 3 aromatic rings. The van der Waals surface area contributed by atoms with Crippen LogP contribution in [-0.4, -0.2) is 38.7 Å². The normalized spacial score (nSPS) is 11.7. The first kappa shape index (κ1) is 18.8. The minimum absolute atomic E-state index is 0.174. The van der Waals surface area contributed by atoms with Gasteiger partial charge in [-0.25, -0.2) is 13.4 Å². The van der Waals surface area contributed by atoms with Gasteiger partial charge in [0.15, 0.2) is 15.0 Å². The number of sulfone groups is 1. The van der Waals surface area contributed by atoms with E-state index in [0.29, 0.717) is 10.6 Å². The number of carbonyl (C=O) groups is 1. The molecule has 0 bridgehead atoms. The molecule has 0 aliphatic carbocycles. The largest absolute Gasteiger partial charge is 0.349 e. The number of rotatable bonds is 6. The number of thiophene rings is 1. The Bertz CT molecular complexity index is 1020. The van der Waals surface area contributed by atoms with Gasteiger partial charge in [-0.15, -0.1) is 11.3 Å². The molecular weight excluding hydrogens is 390 g/mol. The van der Waals surface area contributed by atoms with E-state index in [-0.39, 0.29) is 10.8 Å². The fraction of sp³-hybridized carbons (Fsp3) is 0.294. The molecule has 0 unspecified atom stereocenters. The van der Waals surface area contributed by atoms with Gasteiger partial charge in [0.05, 0.1) is 14.5 Å². The Labute approximate surface area is 160 Å². The van der Waals surface area contributed by atoms with Crippen molar-refractivity contribution in [1.82, 2.24) is 4.98 Å². The van der Waals surface area contributed by atoms with Crippen molar-refractivity contribution in [2.75, 3.05) is 29.6 Å². The monoisotopic (exact) mass is 409 g/mol. The second-order valence-corrected chi connectivity index (χ2v) is 9.76. The van der Waals surface area contributed by atoms with Gasteiger partial charge in [0.25, 0.3) is 5.91 Å². The fourth-order valence-electron chi connectivity index (χ4n) is 2.46. The highest BCUT2D eigenvalue weighted by Gasteiger charge is 2.16. The predicted molar refractivity (Wildman–Crippen MR) is 109 cm³/mol. The summed E-state index contributed by atoms with van der Waals surface area (Å²) in [6.45, 7) is 5.95. The zero-order chi connectivity index (χ0) is 18.9. The summed E-state index contributed by atoms with van der Waals surface area (Å²) in [4.78, 5) is 20.8. The molecule has 0 aliphatic rings. The van der Waals surface area contributed by atoms with Crippen molar-refractivity contribution < 1.29 is 13.2 Å². The predicted octanol–water partition coefficient (Wildman–Crippen LogP) is 3.86. The highest BCUT2D eigenvalue weighted by Crippen LogP contribution is 2.34. The molecule has 2 aromatic heterocycles. The fourth-order valence-corrected chi connectivity index (χ4v) is 5.36. The number of carbonyl (C=O) groups excluding carboxylic acids is 1. The number of hydrogen-bond donors (Lipinski definition) is 1. The summed E-state index contributed by atoms with van der Waals surface area (Å²) in [6, 6.07) is 8.07. The van der Waals surface area contributed by atoms with Gasteiger partial charge < -0.3 is 10.2 Å². The molecule has 2 heterocycles. The van der Waals surface area contributed by atoms with Gasteiger partial charge in [-0.1, -0.05) is 17.4 Å². The molecule has 0 aliphatic heterocycles. The lowest BCUT2D eigenvalue weighted by atomic mass is 10.3. The lowest BCUT2D eigenvalue weighted by Gasteiger charge is -2.16. The molecule has 26 heavy (non-hydrogen) atoms. The Hall–Kier alpha value is -1.97. The number of thiazole rings is 1. The van der Waals surface area contributed by atoms with Gasteiger partial charge in [0.2, 0.25) is 0 Å². The molecule has 9 heteroatoms. The Morgan fingerprint density at radius 1 is 1.19 bits per heavy atom. The summed E-state index contributed by atoms with van der Waals surface area (Å²) >= 11 is 2.91. The highest BCUT2D eigenvalue weighted by atomic mass is 32.2. The number of hydrogen-bond acceptors (Lipinski definition) is 7. The van der Waals surface area contributed by atoms with Crippen LogP contribution in [-0.2, 0) is 9.84 Å². The third-order valence-electron chi connectivity index (χ3n) is 3.86. The van der Waals surface area contributed by atoms with Crippen LogP contribution in [0.1, 0.15) is 23.5 Å². The van der Waals surface area contributed by atoms with Gasteiger partial charge in [-0.05, 0) is 38.1 Å². The van der Waals surface area contributed by atoms with E-state index in [4.69, 9.17) is 0 Å². The summed E-state index contributed by atoms with van der Waals surface area (Å²) in [5.74, 6) is -0.268. The van der Waals surface area contributed by atoms with Gasteiger partial charge in [-0.3, -0.25) is 4.79 Å². The van der Waals surface area contributed by atoms with Crippen molar-refractivity contribution >= 4 is 58.8 Å². The van der Waals surface area contributed by atoms with Crippen molar-refractivity contribution in [2.45, 2.75) is 18.7 Å². The first-order valence-corrected chi connectivity index (χ1v) is 11.6. The summed E-state index contributed by atoms with van der Waals surface area (Å²) in [5.41, 5.74) is 0.450. The SMILES string of the molecule is CCN(CC)c1nc2sc(C(=O)Nc3cccc(S(C)(=O)=O)c3)cc2s1. The lowest BCUT2D eigenvalue weighted by Crippen LogP contribution is -2.21. The number of nitrogens with zero attached hydrogens (tertiary/aromatic N) is 2. The highest BCUT2D eigenvalue weighted by molar-refractivity contribution is 7.90. The number of benzene rings is 1. The van der Waals surface area contributed by atoms with E-state index in [2.05, 4.69) is 29.0 Å². The van der Waals surface area contributed by atoms with Crippen molar-refractivity contribution in [3.63, 3.8) is 0 Å². The quantitative estimate of drug-likeness (QED) is 0.669. The number of fused-ring (bicyclic) bond motifs is 1. The Kier molecular flexibility index (Phi) is 5.31. The van der Waals surface area contributed by atoms with Crippen LogP contribution in [0.25, 0.3) is 9.53 Å². The van der Waals surface area contributed by atoms with Gasteiger partial charge in [0, 0.05) is 25.0 Å². The minimum atomic E-state index is -3.32. The summed E-state index contributed by atoms with van der Waals surface area (Å²) < 4.78 is 24.3. The molecule has 1 amide bonds. The molecule has 0 radical (unpaired) electrons. The molecule has 3 rings (SSSR count). The zero-order valence-electron chi connectivity index (χ0n) is 14.6. The van der Waals surface area contributed by atoms with E-state index in [1.807, 2.05) is 6.07 Å². The molecule has 0 saturated heterocycles. The molecular formula is C17H19N3O3S3. The smallest absolute Gasteiger partial charge is 0.265 e. The van der Waals surface area contributed by atoms with Crippen LogP contribution in [0.5, 0.6) is 0 Å². The van der Waals surface area contributed by atoms with Crippen LogP contribution in [0.15, 0.2) is 35.2 Å². The van der Waals surface area contributed by atoms with Gasteiger partial charge in [-0.2, -0.15) is 0 Å². The molecule has 0 saturated carbocycles. The van der Waals surface area contributed by atoms with E-state index >= 15 is 0 Å². The Balaban J connectivity index is 1.81. The molecule has 1 N–H and O–H groups in total. The summed E-state index contributed by atoms with van der Waals surface area (Å²) in [7, 11) is -3.32. The first-order valence-electron chi connectivity index (χ1n) is 8.08. The second-order valence-electron chi connectivity index (χ2n) is 5.70. The van der Waals surface area contributed by atoms with Gasteiger partial charge in [0.1, 0.15) is 4.83 Å². The topological polar surface area (TPSA) is 79.4 Å². The average Bonchev–Trinajstić information content (AvgIpc) is 3.14. The third-order valence-corrected chi connectivity index (χ3v) is 7.19. The molecule has 138 valence electrons. The number of aromatic nitrogens is 1. The van der Waals surface area contributed by atoms with Crippen LogP contribution in [0, 0.1) is 0 Å². The van der Waals surface area contributed by atoms with Crippen LogP contribution >= 0.6 is 22.7 Å². The molecule has 0 spiro atoms.